The fraction of sp³-hybridized carbons (Fsp3) is 0.500. The Balaban J connectivity index is 1.21. The molecule has 4 heterocycles. The highest BCUT2D eigenvalue weighted by Gasteiger charge is 2.33. The quantitative estimate of drug-likeness (QED) is 0.251. The van der Waals surface area contributed by atoms with Crippen LogP contribution in [-0.4, -0.2) is 70.6 Å². The summed E-state index contributed by atoms with van der Waals surface area (Å²) in [7, 11) is 0. The second-order valence-electron chi connectivity index (χ2n) is 11.3. The van der Waals surface area contributed by atoms with Crippen LogP contribution in [0.2, 0.25) is 10.0 Å². The normalized spacial score (nSPS) is 17.8. The predicted molar refractivity (Wildman–Crippen MR) is 162 cm³/mol. The summed E-state index contributed by atoms with van der Waals surface area (Å²) < 4.78 is 9.51. The van der Waals surface area contributed by atoms with Crippen molar-refractivity contribution >= 4 is 29.1 Å². The molecule has 3 aromatic heterocycles. The summed E-state index contributed by atoms with van der Waals surface area (Å²) in [4.78, 5) is 22.4. The molecule has 0 N–H and O–H groups in total. The lowest BCUT2D eigenvalue weighted by Gasteiger charge is -2.44. The van der Waals surface area contributed by atoms with Gasteiger partial charge in [-0.25, -0.2) is 14.3 Å². The van der Waals surface area contributed by atoms with E-state index < -0.39 is 0 Å². The average molecular weight is 614 g/mol. The van der Waals surface area contributed by atoms with Gasteiger partial charge in [0, 0.05) is 54.4 Å². The molecule has 1 amide bonds. The number of carbonyl (C=O) groups excluding carboxylic acids is 1. The van der Waals surface area contributed by atoms with Crippen LogP contribution in [0.15, 0.2) is 28.8 Å². The molecular formula is C30H38Cl2N8O2. The first-order chi connectivity index (χ1) is 20.0. The van der Waals surface area contributed by atoms with Gasteiger partial charge < -0.3 is 9.32 Å². The summed E-state index contributed by atoms with van der Waals surface area (Å²) in [6, 6.07) is 5.65. The fourth-order valence-electron chi connectivity index (χ4n) is 5.73. The van der Waals surface area contributed by atoms with Crippen LogP contribution in [0.5, 0.6) is 0 Å². The lowest BCUT2D eigenvalue weighted by molar-refractivity contribution is -0.135. The van der Waals surface area contributed by atoms with Gasteiger partial charge in [0.1, 0.15) is 12.3 Å². The predicted octanol–water partition coefficient (Wildman–Crippen LogP) is 5.35. The zero-order valence-electron chi connectivity index (χ0n) is 25.1. The summed E-state index contributed by atoms with van der Waals surface area (Å²) in [5.74, 6) is 1.68. The van der Waals surface area contributed by atoms with Crippen molar-refractivity contribution in [3.8, 4) is 5.69 Å². The largest absolute Gasteiger partial charge is 0.443 e. The minimum absolute atomic E-state index is 0.0946. The Kier molecular flexibility index (Phi) is 9.05. The van der Waals surface area contributed by atoms with Gasteiger partial charge in [0.05, 0.1) is 40.4 Å². The zero-order chi connectivity index (χ0) is 30.1. The first kappa shape index (κ1) is 30.3. The Labute approximate surface area is 256 Å². The molecule has 0 bridgehead atoms. The number of nitrogens with zero attached hydrogens (tertiary/aromatic N) is 8. The van der Waals surface area contributed by atoms with E-state index in [0.717, 1.165) is 58.5 Å². The number of hydrogen-bond acceptors (Lipinski definition) is 7. The maximum Gasteiger partial charge on any atom is 0.227 e. The number of piperazine rings is 1. The number of amides is 1. The van der Waals surface area contributed by atoms with E-state index in [4.69, 9.17) is 27.6 Å². The van der Waals surface area contributed by atoms with E-state index in [1.807, 2.05) is 37.9 Å². The summed E-state index contributed by atoms with van der Waals surface area (Å²) in [5.41, 5.74) is 5.16. The monoisotopic (exact) mass is 612 g/mol. The number of aryl methyl sites for hydroxylation is 3. The van der Waals surface area contributed by atoms with Gasteiger partial charge in [-0.3, -0.25) is 9.69 Å². The Bertz CT molecular complexity index is 1560. The van der Waals surface area contributed by atoms with Gasteiger partial charge in [-0.1, -0.05) is 35.3 Å². The van der Waals surface area contributed by atoms with Crippen LogP contribution >= 0.6 is 23.2 Å². The molecule has 1 saturated heterocycles. The first-order valence-corrected chi connectivity index (χ1v) is 15.2. The van der Waals surface area contributed by atoms with E-state index >= 15 is 0 Å². The van der Waals surface area contributed by atoms with E-state index in [2.05, 4.69) is 46.1 Å². The Morgan fingerprint density at radius 3 is 2.50 bits per heavy atom. The molecule has 1 aliphatic rings. The standard InChI is InChI=1S/C30H38Cl2N8O2/c1-7-8-29-33-21(5)28(42-29)17-38-15-24(34-36-38)16-39-18(2)13-37(14-19(39)3)30(41)12-25-20(4)35-40(22(25)6)27-10-9-23(31)11-26(27)32/h9-11,15,18-19H,7-8,12-14,16-17H2,1-6H3/t18-,19+. The van der Waals surface area contributed by atoms with Gasteiger partial charge >= 0.3 is 0 Å². The van der Waals surface area contributed by atoms with Crippen molar-refractivity contribution in [3.63, 3.8) is 0 Å². The Morgan fingerprint density at radius 2 is 1.81 bits per heavy atom. The Morgan fingerprint density at radius 1 is 1.07 bits per heavy atom. The number of carbonyl (C=O) groups is 1. The number of oxazole rings is 1. The fourth-order valence-corrected chi connectivity index (χ4v) is 6.22. The van der Waals surface area contributed by atoms with Crippen LogP contribution in [0, 0.1) is 20.8 Å². The number of aromatic nitrogens is 6. The molecule has 12 heteroatoms. The maximum absolute atomic E-state index is 13.5. The minimum atomic E-state index is 0.0946. The molecule has 42 heavy (non-hydrogen) atoms. The molecular weight excluding hydrogens is 575 g/mol. The van der Waals surface area contributed by atoms with Gasteiger partial charge in [0.15, 0.2) is 5.89 Å². The third-order valence-corrected chi connectivity index (χ3v) is 8.54. The molecule has 4 aromatic rings. The van der Waals surface area contributed by atoms with Gasteiger partial charge in [-0.15, -0.1) is 5.10 Å². The third-order valence-electron chi connectivity index (χ3n) is 8.00. The molecule has 1 aliphatic heterocycles. The highest BCUT2D eigenvalue weighted by Crippen LogP contribution is 2.28. The molecule has 0 radical (unpaired) electrons. The minimum Gasteiger partial charge on any atom is -0.443 e. The van der Waals surface area contributed by atoms with Gasteiger partial charge in [-0.05, 0) is 59.2 Å². The lowest BCUT2D eigenvalue weighted by Crippen LogP contribution is -2.57. The molecule has 0 unspecified atom stereocenters. The van der Waals surface area contributed by atoms with Crippen molar-refractivity contribution in [1.29, 1.82) is 0 Å². The van der Waals surface area contributed by atoms with Gasteiger partial charge in [0.25, 0.3) is 0 Å². The molecule has 224 valence electrons. The van der Waals surface area contributed by atoms with E-state index in [1.165, 1.54) is 0 Å². The van der Waals surface area contributed by atoms with E-state index in [1.54, 1.807) is 21.5 Å². The highest BCUT2D eigenvalue weighted by atomic mass is 35.5. The van der Waals surface area contributed by atoms with Crippen LogP contribution in [-0.2, 0) is 30.7 Å². The molecule has 1 fully saturated rings. The van der Waals surface area contributed by atoms with Crippen molar-refractivity contribution in [2.45, 2.75) is 86.0 Å². The molecule has 1 aromatic carbocycles. The molecule has 0 saturated carbocycles. The summed E-state index contributed by atoms with van der Waals surface area (Å²) in [6.45, 7) is 14.7. The van der Waals surface area contributed by atoms with Crippen LogP contribution < -0.4 is 0 Å². The van der Waals surface area contributed by atoms with E-state index in [0.29, 0.717) is 36.2 Å². The van der Waals surface area contributed by atoms with Crippen molar-refractivity contribution in [2.24, 2.45) is 0 Å². The first-order valence-electron chi connectivity index (χ1n) is 14.4. The van der Waals surface area contributed by atoms with E-state index in [-0.39, 0.29) is 24.4 Å². The van der Waals surface area contributed by atoms with Crippen molar-refractivity contribution in [3.05, 3.63) is 74.4 Å². The molecule has 10 nitrogen and oxygen atoms in total. The zero-order valence-corrected chi connectivity index (χ0v) is 26.6. The topological polar surface area (TPSA) is 98.1 Å². The second-order valence-corrected chi connectivity index (χ2v) is 12.1. The van der Waals surface area contributed by atoms with Crippen LogP contribution in [0.25, 0.3) is 5.69 Å². The summed E-state index contributed by atoms with van der Waals surface area (Å²) >= 11 is 12.5. The van der Waals surface area contributed by atoms with Crippen molar-refractivity contribution < 1.29 is 9.21 Å². The lowest BCUT2D eigenvalue weighted by atomic mass is 10.0. The molecule has 0 aliphatic carbocycles. The smallest absolute Gasteiger partial charge is 0.227 e. The molecule has 0 spiro atoms. The van der Waals surface area contributed by atoms with Crippen LogP contribution in [0.3, 0.4) is 0 Å². The van der Waals surface area contributed by atoms with Gasteiger partial charge in [0.2, 0.25) is 5.91 Å². The van der Waals surface area contributed by atoms with Crippen LogP contribution in [0.1, 0.15) is 67.2 Å². The number of hydrogen-bond donors (Lipinski definition) is 0. The number of halogens is 2. The maximum atomic E-state index is 13.5. The molecule has 2 atom stereocenters. The molecule has 5 rings (SSSR count). The number of benzene rings is 1. The highest BCUT2D eigenvalue weighted by molar-refractivity contribution is 6.35. The Hall–Kier alpha value is -3.21. The SMILES string of the molecule is CCCc1nc(C)c(Cn2cc(CN3[C@H](C)CN(C(=O)Cc4c(C)nn(-c5ccc(Cl)cc5Cl)c4C)C[C@@H]3C)nn2)o1. The second kappa shape index (κ2) is 12.6. The van der Waals surface area contributed by atoms with Crippen LogP contribution in [0.4, 0.5) is 0 Å². The third kappa shape index (κ3) is 6.40. The van der Waals surface area contributed by atoms with Gasteiger partial charge in [-0.2, -0.15) is 5.10 Å². The average Bonchev–Trinajstić information content (AvgIpc) is 3.60. The summed E-state index contributed by atoms with van der Waals surface area (Å²) in [5, 5.41) is 14.5. The number of rotatable bonds is 9. The van der Waals surface area contributed by atoms with E-state index in [9.17, 15) is 4.79 Å². The summed E-state index contributed by atoms with van der Waals surface area (Å²) in [6.07, 6.45) is 4.08. The van der Waals surface area contributed by atoms with Crippen molar-refractivity contribution in [1.82, 2.24) is 39.6 Å². The van der Waals surface area contributed by atoms with Crippen molar-refractivity contribution in [2.75, 3.05) is 13.1 Å².